The van der Waals surface area contributed by atoms with Gasteiger partial charge in [0.1, 0.15) is 6.61 Å². The van der Waals surface area contributed by atoms with E-state index in [9.17, 15) is 14.7 Å². The van der Waals surface area contributed by atoms with Crippen molar-refractivity contribution in [2.45, 2.75) is 32.1 Å². The molecule has 166 valence electrons. The summed E-state index contributed by atoms with van der Waals surface area (Å²) in [6.45, 7) is 2.05. The maximum atomic E-state index is 13.4. The van der Waals surface area contributed by atoms with Crippen LogP contribution in [0.25, 0.3) is 22.3 Å². The lowest BCUT2D eigenvalue weighted by atomic mass is 9.86. The van der Waals surface area contributed by atoms with Crippen molar-refractivity contribution >= 4 is 16.9 Å². The molecule has 0 spiro atoms. The van der Waals surface area contributed by atoms with Crippen molar-refractivity contribution in [3.63, 3.8) is 0 Å². The van der Waals surface area contributed by atoms with Gasteiger partial charge in [0.25, 0.3) is 5.56 Å². The van der Waals surface area contributed by atoms with Gasteiger partial charge in [-0.3, -0.25) is 4.79 Å². The van der Waals surface area contributed by atoms with Crippen molar-refractivity contribution in [1.82, 2.24) is 9.55 Å². The van der Waals surface area contributed by atoms with Crippen LogP contribution in [0.1, 0.15) is 35.6 Å². The predicted octanol–water partition coefficient (Wildman–Crippen LogP) is 1.12. The molecular weight excluding hydrogens is 426 g/mol. The monoisotopic (exact) mass is 445 g/mol. The Hall–Kier alpha value is -3.87. The number of rotatable bonds is 1. The summed E-state index contributed by atoms with van der Waals surface area (Å²) in [5, 5.41) is 11.8. The van der Waals surface area contributed by atoms with Gasteiger partial charge in [-0.25, -0.2) is 9.78 Å². The minimum absolute atomic E-state index is 0.0798. The van der Waals surface area contributed by atoms with Gasteiger partial charge in [0.15, 0.2) is 17.1 Å². The molecule has 0 unspecified atom stereocenters. The molecule has 3 aliphatic rings. The van der Waals surface area contributed by atoms with Gasteiger partial charge in [-0.05, 0) is 18.6 Å². The van der Waals surface area contributed by atoms with E-state index >= 15 is 0 Å². The van der Waals surface area contributed by atoms with Gasteiger partial charge in [0.05, 0.1) is 35.6 Å². The van der Waals surface area contributed by atoms with Gasteiger partial charge in [-0.2, -0.15) is 0 Å². The summed E-state index contributed by atoms with van der Waals surface area (Å²) in [4.78, 5) is 30.6. The number of hydrogen-bond donors (Lipinski definition) is 2. The van der Waals surface area contributed by atoms with Crippen LogP contribution in [-0.2, 0) is 28.3 Å². The standard InChI is InChI=1S/C24H19N3O6/c1-2-24(30)16-7-18-21-14(9-27(18)22(28)15(16)10-31-23(24)29)12(4-3-5-25)13-6-19-20(33-11-32-19)8-17(13)26-21/h6-8,30H,2,5,9-11,25H2,1H3/t24-/m0/s1. The zero-order valence-electron chi connectivity index (χ0n) is 17.7. The molecule has 33 heavy (non-hydrogen) atoms. The number of aromatic nitrogens is 2. The first-order valence-electron chi connectivity index (χ1n) is 10.6. The van der Waals surface area contributed by atoms with E-state index in [1.165, 1.54) is 0 Å². The molecule has 3 N–H and O–H groups in total. The van der Waals surface area contributed by atoms with Crippen LogP contribution in [0.4, 0.5) is 0 Å². The highest BCUT2D eigenvalue weighted by Crippen LogP contribution is 2.42. The molecule has 0 radical (unpaired) electrons. The Labute approximate surface area is 187 Å². The molecule has 3 aliphatic heterocycles. The molecule has 1 aromatic carbocycles. The molecule has 0 aliphatic carbocycles. The first-order chi connectivity index (χ1) is 16.0. The van der Waals surface area contributed by atoms with Gasteiger partial charge in [0, 0.05) is 28.1 Å². The first kappa shape index (κ1) is 19.8. The van der Waals surface area contributed by atoms with Crippen LogP contribution in [0.2, 0.25) is 0 Å². The van der Waals surface area contributed by atoms with E-state index < -0.39 is 11.6 Å². The lowest BCUT2D eigenvalue weighted by Crippen LogP contribution is -2.44. The van der Waals surface area contributed by atoms with Gasteiger partial charge in [-0.15, -0.1) is 0 Å². The summed E-state index contributed by atoms with van der Waals surface area (Å²) < 4.78 is 17.7. The number of fused-ring (bicyclic) bond motifs is 6. The average molecular weight is 445 g/mol. The number of benzene rings is 1. The summed E-state index contributed by atoms with van der Waals surface area (Å²) in [6.07, 6.45) is 0.0798. The largest absolute Gasteiger partial charge is 0.458 e. The van der Waals surface area contributed by atoms with Gasteiger partial charge < -0.3 is 29.6 Å². The fraction of sp³-hybridized carbons (Fsp3) is 0.292. The van der Waals surface area contributed by atoms with Crippen molar-refractivity contribution < 1.29 is 24.1 Å². The highest BCUT2D eigenvalue weighted by Gasteiger charge is 2.45. The van der Waals surface area contributed by atoms with Crippen LogP contribution in [0.5, 0.6) is 11.5 Å². The summed E-state index contributed by atoms with van der Waals surface area (Å²) in [5.74, 6) is 6.47. The Morgan fingerprint density at radius 1 is 1.18 bits per heavy atom. The van der Waals surface area contributed by atoms with Crippen LogP contribution in [0.3, 0.4) is 0 Å². The van der Waals surface area contributed by atoms with E-state index in [0.29, 0.717) is 34.0 Å². The van der Waals surface area contributed by atoms with Crippen molar-refractivity contribution in [2.75, 3.05) is 13.3 Å². The third kappa shape index (κ3) is 2.59. The van der Waals surface area contributed by atoms with Gasteiger partial charge in [0.2, 0.25) is 6.79 Å². The third-order valence-electron chi connectivity index (χ3n) is 6.50. The average Bonchev–Trinajstić information content (AvgIpc) is 3.42. The maximum Gasteiger partial charge on any atom is 0.343 e. The minimum Gasteiger partial charge on any atom is -0.458 e. The number of hydrogen-bond acceptors (Lipinski definition) is 8. The van der Waals surface area contributed by atoms with E-state index in [1.807, 2.05) is 6.07 Å². The first-order valence-corrected chi connectivity index (χ1v) is 10.6. The number of carbonyl (C=O) groups excluding carboxylic acids is 1. The van der Waals surface area contributed by atoms with Crippen LogP contribution >= 0.6 is 0 Å². The molecule has 9 heteroatoms. The number of nitrogens with two attached hydrogens (primary N) is 1. The van der Waals surface area contributed by atoms with Crippen LogP contribution < -0.4 is 20.8 Å². The molecule has 2 aromatic heterocycles. The predicted molar refractivity (Wildman–Crippen MR) is 117 cm³/mol. The Balaban J connectivity index is 1.66. The number of nitrogens with zero attached hydrogens (tertiary/aromatic N) is 2. The molecule has 5 heterocycles. The van der Waals surface area contributed by atoms with E-state index in [1.54, 1.807) is 23.6 Å². The molecule has 0 fully saturated rings. The van der Waals surface area contributed by atoms with Crippen molar-refractivity contribution in [1.29, 1.82) is 0 Å². The molecule has 6 rings (SSSR count). The second-order valence-corrected chi connectivity index (χ2v) is 8.15. The normalized spacial score (nSPS) is 19.4. The lowest BCUT2D eigenvalue weighted by Gasteiger charge is -2.31. The lowest BCUT2D eigenvalue weighted by molar-refractivity contribution is -0.172. The summed E-state index contributed by atoms with van der Waals surface area (Å²) >= 11 is 0. The minimum atomic E-state index is -1.88. The van der Waals surface area contributed by atoms with Crippen molar-refractivity contribution in [2.24, 2.45) is 5.73 Å². The third-order valence-corrected chi connectivity index (χ3v) is 6.50. The highest BCUT2D eigenvalue weighted by atomic mass is 16.7. The van der Waals surface area contributed by atoms with Crippen LogP contribution in [0, 0.1) is 11.8 Å². The Kier molecular flexibility index (Phi) is 4.08. The van der Waals surface area contributed by atoms with E-state index in [2.05, 4.69) is 11.8 Å². The summed E-state index contributed by atoms with van der Waals surface area (Å²) in [6, 6.07) is 5.30. The maximum absolute atomic E-state index is 13.4. The number of aliphatic hydroxyl groups is 1. The number of esters is 1. The van der Waals surface area contributed by atoms with E-state index in [0.717, 1.165) is 10.9 Å². The van der Waals surface area contributed by atoms with Crippen LogP contribution in [0.15, 0.2) is 23.0 Å². The number of ether oxygens (including phenoxy) is 3. The molecule has 1 atom stereocenters. The van der Waals surface area contributed by atoms with Crippen molar-refractivity contribution in [3.8, 4) is 34.7 Å². The second-order valence-electron chi connectivity index (χ2n) is 8.15. The molecule has 0 bridgehead atoms. The molecule has 0 saturated heterocycles. The molecule has 3 aromatic rings. The molecular formula is C24H19N3O6. The van der Waals surface area contributed by atoms with E-state index in [4.69, 9.17) is 24.9 Å². The summed E-state index contributed by atoms with van der Waals surface area (Å²) in [7, 11) is 0. The number of cyclic esters (lactones) is 1. The van der Waals surface area contributed by atoms with Gasteiger partial charge >= 0.3 is 5.97 Å². The van der Waals surface area contributed by atoms with E-state index in [-0.39, 0.29) is 49.6 Å². The fourth-order valence-corrected chi connectivity index (χ4v) is 4.75. The smallest absolute Gasteiger partial charge is 0.343 e. The Morgan fingerprint density at radius 2 is 1.97 bits per heavy atom. The topological polar surface area (TPSA) is 126 Å². The zero-order chi connectivity index (χ0) is 22.9. The van der Waals surface area contributed by atoms with Crippen LogP contribution in [-0.4, -0.2) is 34.0 Å². The van der Waals surface area contributed by atoms with Gasteiger partial charge in [-0.1, -0.05) is 18.8 Å². The quantitative estimate of drug-likeness (QED) is 0.330. The number of pyridine rings is 2. The molecule has 0 amide bonds. The molecule has 0 saturated carbocycles. The fourth-order valence-electron chi connectivity index (χ4n) is 4.75. The SMILES string of the molecule is CC[C@@]1(O)C(=O)OCc2c1cc1n(c2=O)Cc2c-1nc1cc3c(cc1c2C#CCN)OCO3. The van der Waals surface area contributed by atoms with Crippen molar-refractivity contribution in [3.05, 3.63) is 50.8 Å². The Bertz CT molecular complexity index is 1510. The number of carbonyl (C=O) groups is 1. The highest BCUT2D eigenvalue weighted by molar-refractivity contribution is 5.93. The molecule has 9 nitrogen and oxygen atoms in total. The summed E-state index contributed by atoms with van der Waals surface area (Å²) in [5.41, 5.74) is 7.18. The zero-order valence-corrected chi connectivity index (χ0v) is 17.7. The second kappa shape index (κ2) is 6.81. The Morgan fingerprint density at radius 3 is 2.73 bits per heavy atom.